The van der Waals surface area contributed by atoms with Gasteiger partial charge in [-0.25, -0.2) is 14.8 Å². The lowest BCUT2D eigenvalue weighted by Crippen LogP contribution is -2.76. The van der Waals surface area contributed by atoms with Crippen LogP contribution in [-0.4, -0.2) is 84.9 Å². The number of anilines is 1. The van der Waals surface area contributed by atoms with Gasteiger partial charge in [0.25, 0.3) is 0 Å². The molecule has 1 aromatic heterocycles. The van der Waals surface area contributed by atoms with Crippen LogP contribution in [0.25, 0.3) is 10.9 Å². The molecule has 49 heavy (non-hydrogen) atoms. The van der Waals surface area contributed by atoms with Crippen LogP contribution in [0.1, 0.15) is 22.3 Å². The molecule has 2 aliphatic heterocycles. The molecule has 0 spiro atoms. The maximum Gasteiger partial charge on any atom is 0.334 e. The van der Waals surface area contributed by atoms with E-state index in [0.717, 1.165) is 33.2 Å². The average molecular weight is 659 g/mol. The molecule has 0 saturated carbocycles. The number of carbonyl (C=O) groups is 3. The van der Waals surface area contributed by atoms with Gasteiger partial charge in [-0.05, 0) is 46.5 Å². The molecule has 5 aromatic rings. The van der Waals surface area contributed by atoms with E-state index in [1.807, 2.05) is 83.7 Å². The second-order valence-electron chi connectivity index (χ2n) is 12.6. The zero-order chi connectivity index (χ0) is 34.1. The Labute approximate surface area is 283 Å². The fourth-order valence-corrected chi connectivity index (χ4v) is 6.81. The van der Waals surface area contributed by atoms with Crippen molar-refractivity contribution >= 4 is 34.4 Å². The van der Waals surface area contributed by atoms with Crippen LogP contribution in [0.3, 0.4) is 0 Å². The fraction of sp³-hybridized carbons (Fsp3) is 0.243. The number of benzene rings is 4. The second kappa shape index (κ2) is 13.3. The molecule has 0 unspecified atom stereocenters. The Bertz CT molecular complexity index is 2000. The first-order valence-corrected chi connectivity index (χ1v) is 16.2. The lowest BCUT2D eigenvalue weighted by Gasteiger charge is -2.54. The highest BCUT2D eigenvalue weighted by molar-refractivity contribution is 5.92. The van der Waals surface area contributed by atoms with Crippen molar-refractivity contribution in [3.05, 3.63) is 126 Å². The number of aromatic nitrogens is 2. The van der Waals surface area contributed by atoms with Gasteiger partial charge in [-0.2, -0.15) is 5.10 Å². The molecule has 2 fully saturated rings. The molecular weight excluding hydrogens is 620 g/mol. The summed E-state index contributed by atoms with van der Waals surface area (Å²) in [5.74, 6) is -0.347. The average Bonchev–Trinajstić information content (AvgIpc) is 3.50. The van der Waals surface area contributed by atoms with Crippen LogP contribution in [0.4, 0.5) is 10.5 Å². The van der Waals surface area contributed by atoms with Gasteiger partial charge in [0.05, 0.1) is 25.2 Å². The van der Waals surface area contributed by atoms with Gasteiger partial charge < -0.3 is 26.0 Å². The van der Waals surface area contributed by atoms with Crippen molar-refractivity contribution < 1.29 is 19.5 Å². The van der Waals surface area contributed by atoms with Crippen molar-refractivity contribution in [2.24, 2.45) is 0 Å². The molecule has 4 aromatic carbocycles. The van der Waals surface area contributed by atoms with Gasteiger partial charge >= 0.3 is 6.03 Å². The molecule has 0 radical (unpaired) electrons. The molecule has 2 aliphatic rings. The number of hydrogen-bond acceptors (Lipinski definition) is 7. The first kappa shape index (κ1) is 31.7. The van der Waals surface area contributed by atoms with E-state index in [1.54, 1.807) is 51.1 Å². The number of fused-ring (bicyclic) bond motifs is 2. The zero-order valence-electron chi connectivity index (χ0n) is 27.1. The number of hydrogen-bond donors (Lipinski definition) is 3. The number of piperazine rings is 1. The molecule has 4 amide bonds. The Kier molecular flexibility index (Phi) is 8.62. The van der Waals surface area contributed by atoms with E-state index in [2.05, 4.69) is 5.32 Å². The van der Waals surface area contributed by atoms with Gasteiger partial charge in [-0.1, -0.05) is 72.8 Å². The lowest BCUT2D eigenvalue weighted by molar-refractivity contribution is -0.187. The number of nitrogens with two attached hydrogens (primary N) is 1. The highest BCUT2D eigenvalue weighted by atomic mass is 16.3. The van der Waals surface area contributed by atoms with Crippen molar-refractivity contribution in [2.75, 3.05) is 25.9 Å². The molecule has 12 nitrogen and oxygen atoms in total. The van der Waals surface area contributed by atoms with Crippen LogP contribution in [-0.2, 0) is 35.6 Å². The molecule has 4 N–H and O–H groups in total. The number of urea groups is 1. The number of nitrogen functional groups attached to an aromatic ring is 1. The largest absolute Gasteiger partial charge is 0.508 e. The summed E-state index contributed by atoms with van der Waals surface area (Å²) in [5, 5.41) is 21.9. The summed E-state index contributed by atoms with van der Waals surface area (Å²) >= 11 is 0. The number of hydrazine groups is 1. The van der Waals surface area contributed by atoms with Crippen LogP contribution in [0.5, 0.6) is 5.75 Å². The quantitative estimate of drug-likeness (QED) is 0.217. The summed E-state index contributed by atoms with van der Waals surface area (Å²) in [6.45, 7) is 1.14. The predicted molar refractivity (Wildman–Crippen MR) is 184 cm³/mol. The Morgan fingerprint density at radius 2 is 1.67 bits per heavy atom. The summed E-state index contributed by atoms with van der Waals surface area (Å²) in [4.78, 5) is 45.2. The Balaban J connectivity index is 1.20. The third kappa shape index (κ3) is 6.63. The number of phenolic OH excluding ortho intramolecular Hbond substituents is 1. The van der Waals surface area contributed by atoms with Crippen molar-refractivity contribution in [1.82, 2.24) is 34.9 Å². The topological polar surface area (TPSA) is 140 Å². The molecule has 0 aliphatic carbocycles. The van der Waals surface area contributed by atoms with E-state index in [0.29, 0.717) is 18.8 Å². The minimum absolute atomic E-state index is 0.0571. The molecule has 250 valence electrons. The van der Waals surface area contributed by atoms with Crippen LogP contribution >= 0.6 is 0 Å². The van der Waals surface area contributed by atoms with E-state index in [-0.39, 0.29) is 49.7 Å². The lowest BCUT2D eigenvalue weighted by atomic mass is 9.98. The molecule has 7 rings (SSSR count). The molecule has 2 saturated heterocycles. The highest BCUT2D eigenvalue weighted by Crippen LogP contribution is 2.30. The molecule has 2 atom stereocenters. The number of aromatic hydroxyl groups is 1. The third-order valence-corrected chi connectivity index (χ3v) is 9.12. The van der Waals surface area contributed by atoms with E-state index >= 15 is 0 Å². The van der Waals surface area contributed by atoms with Crippen molar-refractivity contribution in [1.29, 1.82) is 0 Å². The van der Waals surface area contributed by atoms with Crippen molar-refractivity contribution in [3.8, 4) is 5.75 Å². The number of rotatable bonds is 8. The summed E-state index contributed by atoms with van der Waals surface area (Å²) in [6, 6.07) is 28.6. The minimum Gasteiger partial charge on any atom is -0.508 e. The van der Waals surface area contributed by atoms with Crippen LogP contribution in [0, 0.1) is 0 Å². The maximum absolute atomic E-state index is 14.4. The van der Waals surface area contributed by atoms with Gasteiger partial charge in [-0.15, -0.1) is 0 Å². The molecule has 0 bridgehead atoms. The SMILES string of the molecule is CN1CC(=O)N2[C@@H](Cc3ccc(O)cc3)C(=O)N(Cc3cccc4cn(Cc5cccc(N)c5)nc34)C[C@@H]2N1C(=O)NCc1ccccc1. The normalized spacial score (nSPS) is 18.2. The minimum atomic E-state index is -0.866. The van der Waals surface area contributed by atoms with Gasteiger partial charge in [-0.3, -0.25) is 14.3 Å². The fourth-order valence-electron chi connectivity index (χ4n) is 6.81. The van der Waals surface area contributed by atoms with Crippen LogP contribution in [0.2, 0.25) is 0 Å². The Morgan fingerprint density at radius 3 is 2.45 bits per heavy atom. The first-order valence-electron chi connectivity index (χ1n) is 16.2. The zero-order valence-corrected chi connectivity index (χ0v) is 27.1. The van der Waals surface area contributed by atoms with Gasteiger partial charge in [0.15, 0.2) is 0 Å². The highest BCUT2D eigenvalue weighted by Gasteiger charge is 2.50. The first-order chi connectivity index (χ1) is 23.7. The second-order valence-corrected chi connectivity index (χ2v) is 12.6. The predicted octanol–water partition coefficient (Wildman–Crippen LogP) is 3.55. The number of nitrogens with zero attached hydrogens (tertiary/aromatic N) is 6. The van der Waals surface area contributed by atoms with Crippen molar-refractivity contribution in [3.63, 3.8) is 0 Å². The summed E-state index contributed by atoms with van der Waals surface area (Å²) < 4.78 is 1.86. The van der Waals surface area contributed by atoms with Crippen LogP contribution < -0.4 is 11.1 Å². The standard InChI is InChI=1S/C37H38N8O4/c1-41-24-34(47)44-32(18-25-13-15-31(46)16-14-25)36(48)42(23-33(44)45(41)37(49)39-19-26-7-3-2-4-8-26)21-28-10-6-11-29-22-43(40-35(28)29)20-27-9-5-12-30(38)17-27/h2-17,22,32-33,46H,18-21,23-24,38H2,1H3,(H,39,49)/t32-,33-/m0/s1. The van der Waals surface area contributed by atoms with Gasteiger partial charge in [0.2, 0.25) is 11.8 Å². The molecule has 12 heteroatoms. The smallest absolute Gasteiger partial charge is 0.334 e. The summed E-state index contributed by atoms with van der Waals surface area (Å²) in [7, 11) is 1.71. The number of carbonyl (C=O) groups excluding carboxylic acids is 3. The third-order valence-electron chi connectivity index (χ3n) is 9.12. The number of likely N-dealkylation sites (N-methyl/N-ethyl adjacent to an activating group) is 1. The monoisotopic (exact) mass is 658 g/mol. The van der Waals surface area contributed by atoms with E-state index in [1.165, 1.54) is 0 Å². The Hall–Kier alpha value is -5.88. The summed E-state index contributed by atoms with van der Waals surface area (Å²) in [6.07, 6.45) is 1.45. The van der Waals surface area contributed by atoms with E-state index < -0.39 is 12.2 Å². The number of amides is 4. The van der Waals surface area contributed by atoms with Gasteiger partial charge in [0.1, 0.15) is 18.0 Å². The number of nitrogens with one attached hydrogen (secondary N) is 1. The maximum atomic E-state index is 14.4. The van der Waals surface area contributed by atoms with E-state index in [9.17, 15) is 19.5 Å². The van der Waals surface area contributed by atoms with Gasteiger partial charge in [0, 0.05) is 43.8 Å². The molecule has 3 heterocycles. The Morgan fingerprint density at radius 1 is 0.918 bits per heavy atom. The summed E-state index contributed by atoms with van der Waals surface area (Å²) in [5.41, 5.74) is 11.0. The van der Waals surface area contributed by atoms with Crippen molar-refractivity contribution in [2.45, 2.75) is 38.3 Å². The van der Waals surface area contributed by atoms with Crippen LogP contribution in [0.15, 0.2) is 103 Å². The molecular formula is C37H38N8O4. The number of phenols is 1. The van der Waals surface area contributed by atoms with E-state index in [4.69, 9.17) is 10.8 Å².